The summed E-state index contributed by atoms with van der Waals surface area (Å²) in [6.07, 6.45) is 2.08. The van der Waals surface area contributed by atoms with E-state index in [4.69, 9.17) is 16.9 Å². The molecule has 0 N–H and O–H groups in total. The van der Waals surface area contributed by atoms with Crippen LogP contribution in [0.3, 0.4) is 0 Å². The molecule has 0 aliphatic carbocycles. The van der Waals surface area contributed by atoms with Crippen LogP contribution >= 0.6 is 11.6 Å². The van der Waals surface area contributed by atoms with Crippen LogP contribution in [0.15, 0.2) is 29.8 Å². The van der Waals surface area contributed by atoms with E-state index in [0.29, 0.717) is 17.4 Å². The van der Waals surface area contributed by atoms with Crippen LogP contribution in [0.5, 0.6) is 0 Å². The second-order valence-corrected chi connectivity index (χ2v) is 4.01. The number of allylic oxidation sites excluding steroid dienone is 1. The Labute approximate surface area is 96.0 Å². The largest absolute Gasteiger partial charge is 0.192 e. The van der Waals surface area contributed by atoms with Crippen molar-refractivity contribution in [2.45, 2.75) is 13.8 Å². The minimum Gasteiger partial charge on any atom is -0.192 e. The van der Waals surface area contributed by atoms with Gasteiger partial charge >= 0.3 is 0 Å². The Morgan fingerprint density at radius 3 is 2.40 bits per heavy atom. The van der Waals surface area contributed by atoms with Crippen LogP contribution in [-0.2, 0) is 0 Å². The summed E-state index contributed by atoms with van der Waals surface area (Å²) >= 11 is 5.85. The van der Waals surface area contributed by atoms with Crippen LogP contribution in [0.2, 0.25) is 0 Å². The van der Waals surface area contributed by atoms with Gasteiger partial charge in [-0.15, -0.1) is 11.6 Å². The van der Waals surface area contributed by atoms with Gasteiger partial charge in [-0.25, -0.2) is 0 Å². The summed E-state index contributed by atoms with van der Waals surface area (Å²) in [5, 5.41) is 8.66. The van der Waals surface area contributed by atoms with E-state index in [0.717, 1.165) is 5.56 Å². The summed E-state index contributed by atoms with van der Waals surface area (Å²) in [6, 6.07) is 9.61. The van der Waals surface area contributed by atoms with E-state index in [1.54, 1.807) is 0 Å². The lowest BCUT2D eigenvalue weighted by molar-refractivity contribution is 0.778. The number of rotatable bonds is 3. The van der Waals surface area contributed by atoms with Gasteiger partial charge in [-0.3, -0.25) is 0 Å². The highest BCUT2D eigenvalue weighted by molar-refractivity contribution is 6.19. The first-order valence-electron chi connectivity index (χ1n) is 4.94. The highest BCUT2D eigenvalue weighted by Gasteiger charge is 2.01. The molecular formula is C13H14ClN. The molecule has 0 aromatic heterocycles. The molecule has 1 rings (SSSR count). The summed E-state index contributed by atoms with van der Waals surface area (Å²) in [5.74, 6) is 1.01. The zero-order chi connectivity index (χ0) is 11.3. The maximum Gasteiger partial charge on any atom is 0.0991 e. The Morgan fingerprint density at radius 2 is 2.00 bits per heavy atom. The Kier molecular flexibility index (Phi) is 4.39. The van der Waals surface area contributed by atoms with Crippen molar-refractivity contribution in [1.29, 1.82) is 5.26 Å². The molecule has 0 radical (unpaired) electrons. The van der Waals surface area contributed by atoms with E-state index in [1.165, 1.54) is 5.57 Å². The van der Waals surface area contributed by atoms with Crippen LogP contribution in [0.25, 0.3) is 6.08 Å². The van der Waals surface area contributed by atoms with Gasteiger partial charge in [0.05, 0.1) is 11.6 Å². The highest BCUT2D eigenvalue weighted by Crippen LogP contribution is 2.16. The first-order valence-corrected chi connectivity index (χ1v) is 5.47. The zero-order valence-electron chi connectivity index (χ0n) is 9.00. The average Bonchev–Trinajstić information content (AvgIpc) is 2.26. The average molecular weight is 220 g/mol. The van der Waals surface area contributed by atoms with Gasteiger partial charge < -0.3 is 0 Å². The number of alkyl halides is 1. The molecule has 0 unspecified atom stereocenters. The topological polar surface area (TPSA) is 23.8 Å². The highest BCUT2D eigenvalue weighted by atomic mass is 35.5. The molecule has 0 aliphatic rings. The number of halogens is 1. The third-order valence-electron chi connectivity index (χ3n) is 2.29. The minimum absolute atomic E-state index is 0.457. The SMILES string of the molecule is CC(C)/C(=C/c1ccc(C#N)cc1)CCl. The lowest BCUT2D eigenvalue weighted by atomic mass is 10.0. The van der Waals surface area contributed by atoms with E-state index >= 15 is 0 Å². The molecule has 1 aromatic carbocycles. The predicted molar refractivity (Wildman–Crippen MR) is 64.7 cm³/mol. The predicted octanol–water partition coefficient (Wildman–Crippen LogP) is 3.84. The minimum atomic E-state index is 0.457. The van der Waals surface area contributed by atoms with Gasteiger partial charge in [0.25, 0.3) is 0 Å². The van der Waals surface area contributed by atoms with Crippen molar-refractivity contribution in [3.8, 4) is 6.07 Å². The number of hydrogen-bond acceptors (Lipinski definition) is 1. The molecule has 1 nitrogen and oxygen atoms in total. The lowest BCUT2D eigenvalue weighted by Crippen LogP contribution is -1.95. The fourth-order valence-electron chi connectivity index (χ4n) is 1.23. The summed E-state index contributed by atoms with van der Waals surface area (Å²) in [7, 11) is 0. The summed E-state index contributed by atoms with van der Waals surface area (Å²) < 4.78 is 0. The number of nitrogens with zero attached hydrogens (tertiary/aromatic N) is 1. The van der Waals surface area contributed by atoms with Gasteiger partial charge in [0.1, 0.15) is 0 Å². The third-order valence-corrected chi connectivity index (χ3v) is 2.60. The van der Waals surface area contributed by atoms with Crippen LogP contribution in [-0.4, -0.2) is 5.88 Å². The van der Waals surface area contributed by atoms with Crippen molar-refractivity contribution in [2.75, 3.05) is 5.88 Å². The molecule has 0 amide bonds. The van der Waals surface area contributed by atoms with E-state index in [1.807, 2.05) is 24.3 Å². The normalized spacial score (nSPS) is 11.5. The summed E-state index contributed by atoms with van der Waals surface area (Å²) in [4.78, 5) is 0. The van der Waals surface area contributed by atoms with Crippen molar-refractivity contribution < 1.29 is 0 Å². The molecule has 78 valence electrons. The molecule has 0 saturated carbocycles. The van der Waals surface area contributed by atoms with Crippen LogP contribution in [0.1, 0.15) is 25.0 Å². The lowest BCUT2D eigenvalue weighted by Gasteiger charge is -2.07. The maximum absolute atomic E-state index is 8.66. The Hall–Kier alpha value is -1.26. The first-order chi connectivity index (χ1) is 7.17. The van der Waals surface area contributed by atoms with Gasteiger partial charge in [0, 0.05) is 5.88 Å². The Morgan fingerprint density at radius 1 is 1.40 bits per heavy atom. The third kappa shape index (κ3) is 3.42. The van der Waals surface area contributed by atoms with Gasteiger partial charge in [-0.1, -0.05) is 37.6 Å². The monoisotopic (exact) mass is 219 g/mol. The Bertz CT molecular complexity index is 382. The van der Waals surface area contributed by atoms with Crippen LogP contribution in [0, 0.1) is 17.2 Å². The van der Waals surface area contributed by atoms with Gasteiger partial charge in [-0.2, -0.15) is 5.26 Å². The van der Waals surface area contributed by atoms with Crippen LogP contribution in [0.4, 0.5) is 0 Å². The quantitative estimate of drug-likeness (QED) is 0.709. The number of hydrogen-bond donors (Lipinski definition) is 0. The second kappa shape index (κ2) is 5.58. The van der Waals surface area contributed by atoms with Crippen molar-refractivity contribution in [1.82, 2.24) is 0 Å². The van der Waals surface area contributed by atoms with E-state index in [-0.39, 0.29) is 0 Å². The summed E-state index contributed by atoms with van der Waals surface area (Å²) in [6.45, 7) is 4.25. The van der Waals surface area contributed by atoms with Gasteiger partial charge in [0.2, 0.25) is 0 Å². The molecular weight excluding hydrogens is 206 g/mol. The maximum atomic E-state index is 8.66. The molecule has 0 saturated heterocycles. The van der Waals surface area contributed by atoms with E-state index in [2.05, 4.69) is 26.0 Å². The Balaban J connectivity index is 2.93. The van der Waals surface area contributed by atoms with Gasteiger partial charge in [0.15, 0.2) is 0 Å². The standard InChI is InChI=1S/C13H14ClN/c1-10(2)13(8-14)7-11-3-5-12(9-15)6-4-11/h3-7,10H,8H2,1-2H3/b13-7+. The van der Waals surface area contributed by atoms with Gasteiger partial charge in [-0.05, 0) is 23.6 Å². The second-order valence-electron chi connectivity index (χ2n) is 3.74. The number of benzene rings is 1. The molecule has 2 heteroatoms. The first kappa shape index (κ1) is 11.8. The molecule has 1 aromatic rings. The molecule has 0 spiro atoms. The van der Waals surface area contributed by atoms with Crippen LogP contribution < -0.4 is 0 Å². The summed E-state index contributed by atoms with van der Waals surface area (Å²) in [5.41, 5.74) is 2.99. The molecule has 0 fully saturated rings. The van der Waals surface area contributed by atoms with Crippen molar-refractivity contribution in [2.24, 2.45) is 5.92 Å². The van der Waals surface area contributed by atoms with Crippen molar-refractivity contribution in [3.05, 3.63) is 41.0 Å². The molecule has 0 bridgehead atoms. The smallest absolute Gasteiger partial charge is 0.0991 e. The molecule has 0 heterocycles. The van der Waals surface area contributed by atoms with E-state index in [9.17, 15) is 0 Å². The fourth-order valence-corrected chi connectivity index (χ4v) is 1.61. The zero-order valence-corrected chi connectivity index (χ0v) is 9.75. The number of nitriles is 1. The van der Waals surface area contributed by atoms with Crippen molar-refractivity contribution in [3.63, 3.8) is 0 Å². The van der Waals surface area contributed by atoms with Crippen molar-refractivity contribution >= 4 is 17.7 Å². The molecule has 0 atom stereocenters. The molecule has 0 aliphatic heterocycles. The molecule has 15 heavy (non-hydrogen) atoms. The fraction of sp³-hybridized carbons (Fsp3) is 0.308. The van der Waals surface area contributed by atoms with E-state index < -0.39 is 0 Å².